The fourth-order valence-electron chi connectivity index (χ4n) is 3.60. The second-order valence-corrected chi connectivity index (χ2v) is 8.07. The first kappa shape index (κ1) is 18.5. The molecule has 0 spiro atoms. The Kier molecular flexibility index (Phi) is 6.72. The van der Waals surface area contributed by atoms with Crippen LogP contribution in [0.3, 0.4) is 0 Å². The van der Waals surface area contributed by atoms with Crippen molar-refractivity contribution in [3.05, 3.63) is 0 Å². The topological polar surface area (TPSA) is 59.6 Å². The van der Waals surface area contributed by atoms with Gasteiger partial charge in [0, 0.05) is 25.7 Å². The molecule has 2 aliphatic rings. The summed E-state index contributed by atoms with van der Waals surface area (Å²) in [5.41, 5.74) is -0.438. The number of carbonyl (C=O) groups is 1. The second kappa shape index (κ2) is 8.34. The molecule has 5 nitrogen and oxygen atoms in total. The number of alkyl carbamates (subject to hydrolysis) is 1. The molecule has 134 valence electrons. The van der Waals surface area contributed by atoms with Crippen LogP contribution in [0.5, 0.6) is 0 Å². The van der Waals surface area contributed by atoms with Gasteiger partial charge in [0.05, 0.1) is 6.10 Å². The molecule has 1 heterocycles. The summed E-state index contributed by atoms with van der Waals surface area (Å²) in [6.07, 6.45) is 6.11. The Morgan fingerprint density at radius 2 is 1.87 bits per heavy atom. The van der Waals surface area contributed by atoms with E-state index in [0.717, 1.165) is 19.6 Å². The van der Waals surface area contributed by atoms with Gasteiger partial charge in [0.1, 0.15) is 5.60 Å². The fraction of sp³-hybridized carbons (Fsp3) is 0.944. The van der Waals surface area contributed by atoms with Gasteiger partial charge in [-0.05, 0) is 58.8 Å². The molecular weight excluding hydrogens is 292 g/mol. The summed E-state index contributed by atoms with van der Waals surface area (Å²) in [6, 6.07) is 0.492. The van der Waals surface area contributed by atoms with Crippen molar-refractivity contribution in [3.8, 4) is 0 Å². The summed E-state index contributed by atoms with van der Waals surface area (Å²) in [5.74, 6) is 1.12. The van der Waals surface area contributed by atoms with E-state index >= 15 is 0 Å². The molecule has 0 radical (unpaired) electrons. The van der Waals surface area contributed by atoms with Crippen LogP contribution in [0.2, 0.25) is 0 Å². The van der Waals surface area contributed by atoms with Crippen LogP contribution in [0.1, 0.15) is 59.8 Å². The molecule has 1 aliphatic heterocycles. The lowest BCUT2D eigenvalue weighted by atomic mass is 9.84. The van der Waals surface area contributed by atoms with Gasteiger partial charge in [-0.1, -0.05) is 12.8 Å². The van der Waals surface area contributed by atoms with Crippen molar-refractivity contribution in [2.24, 2.45) is 11.8 Å². The highest BCUT2D eigenvalue weighted by Gasteiger charge is 2.29. The summed E-state index contributed by atoms with van der Waals surface area (Å²) >= 11 is 0. The number of rotatable bonds is 5. The maximum Gasteiger partial charge on any atom is 0.407 e. The lowest BCUT2D eigenvalue weighted by Gasteiger charge is -2.33. The molecule has 1 saturated heterocycles. The first-order chi connectivity index (χ1) is 10.8. The molecular formula is C18H34N2O3. The van der Waals surface area contributed by atoms with Crippen LogP contribution in [-0.4, -0.2) is 43.5 Å². The normalized spacial score (nSPS) is 31.8. The molecule has 1 saturated carbocycles. The summed E-state index contributed by atoms with van der Waals surface area (Å²) in [7, 11) is 0. The van der Waals surface area contributed by atoms with Gasteiger partial charge in [-0.2, -0.15) is 0 Å². The molecule has 2 fully saturated rings. The lowest BCUT2D eigenvalue weighted by molar-refractivity contribution is 0.0510. The maximum absolute atomic E-state index is 11.8. The third-order valence-electron chi connectivity index (χ3n) is 4.99. The Morgan fingerprint density at radius 3 is 2.52 bits per heavy atom. The fourth-order valence-corrected chi connectivity index (χ4v) is 3.60. The average molecular weight is 326 g/mol. The minimum Gasteiger partial charge on any atom is -0.444 e. The molecule has 0 aromatic rings. The summed E-state index contributed by atoms with van der Waals surface area (Å²) < 4.78 is 11.0. The summed E-state index contributed by atoms with van der Waals surface area (Å²) in [6.45, 7) is 10.5. The molecule has 4 unspecified atom stereocenters. The molecule has 2 rings (SSSR count). The molecule has 1 amide bonds. The molecule has 0 aromatic carbocycles. The van der Waals surface area contributed by atoms with Gasteiger partial charge in [0.2, 0.25) is 0 Å². The Balaban J connectivity index is 1.75. The maximum atomic E-state index is 11.8. The second-order valence-electron chi connectivity index (χ2n) is 8.07. The van der Waals surface area contributed by atoms with E-state index in [4.69, 9.17) is 9.47 Å². The van der Waals surface area contributed by atoms with E-state index in [1.165, 1.54) is 25.7 Å². The predicted octanol–water partition coefficient (Wildman–Crippen LogP) is 3.08. The van der Waals surface area contributed by atoms with E-state index in [1.807, 2.05) is 20.8 Å². The van der Waals surface area contributed by atoms with Gasteiger partial charge in [0.15, 0.2) is 0 Å². The van der Waals surface area contributed by atoms with Crippen molar-refractivity contribution in [1.29, 1.82) is 0 Å². The van der Waals surface area contributed by atoms with Crippen LogP contribution in [-0.2, 0) is 9.47 Å². The van der Waals surface area contributed by atoms with Gasteiger partial charge in [-0.15, -0.1) is 0 Å². The van der Waals surface area contributed by atoms with Crippen LogP contribution in [0.15, 0.2) is 0 Å². The smallest absolute Gasteiger partial charge is 0.407 e. The lowest BCUT2D eigenvalue weighted by Crippen LogP contribution is -2.46. The van der Waals surface area contributed by atoms with E-state index in [-0.39, 0.29) is 6.09 Å². The van der Waals surface area contributed by atoms with Gasteiger partial charge in [-0.25, -0.2) is 4.79 Å². The molecule has 23 heavy (non-hydrogen) atoms. The molecule has 5 heteroatoms. The van der Waals surface area contributed by atoms with Gasteiger partial charge in [-0.3, -0.25) is 0 Å². The Morgan fingerprint density at radius 1 is 1.13 bits per heavy atom. The SMILES string of the molecule is CC1OCCC1CNC1CCCCC1CNC(=O)OC(C)(C)C. The zero-order valence-corrected chi connectivity index (χ0v) is 15.2. The Hall–Kier alpha value is -0.810. The van der Waals surface area contributed by atoms with Crippen LogP contribution >= 0.6 is 0 Å². The van der Waals surface area contributed by atoms with E-state index in [2.05, 4.69) is 17.6 Å². The monoisotopic (exact) mass is 326 g/mol. The molecule has 0 bridgehead atoms. The predicted molar refractivity (Wildman–Crippen MR) is 91.5 cm³/mol. The molecule has 4 atom stereocenters. The molecule has 2 N–H and O–H groups in total. The molecule has 0 aromatic heterocycles. The first-order valence-corrected chi connectivity index (χ1v) is 9.17. The average Bonchev–Trinajstić information content (AvgIpc) is 2.87. The van der Waals surface area contributed by atoms with Gasteiger partial charge < -0.3 is 20.1 Å². The summed E-state index contributed by atoms with van der Waals surface area (Å²) in [4.78, 5) is 11.8. The zero-order chi connectivity index (χ0) is 16.9. The highest BCUT2D eigenvalue weighted by molar-refractivity contribution is 5.67. The van der Waals surface area contributed by atoms with E-state index in [0.29, 0.717) is 30.5 Å². The third-order valence-corrected chi connectivity index (χ3v) is 4.99. The Bertz CT molecular complexity index is 381. The van der Waals surface area contributed by atoms with Gasteiger partial charge >= 0.3 is 6.09 Å². The zero-order valence-electron chi connectivity index (χ0n) is 15.2. The Labute approximate surface area is 140 Å². The van der Waals surface area contributed by atoms with Crippen molar-refractivity contribution < 1.29 is 14.3 Å². The van der Waals surface area contributed by atoms with Crippen molar-refractivity contribution >= 4 is 6.09 Å². The van der Waals surface area contributed by atoms with Crippen molar-refractivity contribution in [3.63, 3.8) is 0 Å². The number of amides is 1. The quantitative estimate of drug-likeness (QED) is 0.815. The minimum atomic E-state index is -0.438. The van der Waals surface area contributed by atoms with Crippen molar-refractivity contribution in [2.75, 3.05) is 19.7 Å². The number of ether oxygens (including phenoxy) is 2. The van der Waals surface area contributed by atoms with Crippen molar-refractivity contribution in [2.45, 2.75) is 77.5 Å². The largest absolute Gasteiger partial charge is 0.444 e. The number of carbonyl (C=O) groups excluding carboxylic acids is 1. The number of nitrogens with one attached hydrogen (secondary N) is 2. The van der Waals surface area contributed by atoms with Crippen LogP contribution in [0.25, 0.3) is 0 Å². The van der Waals surface area contributed by atoms with Crippen LogP contribution in [0.4, 0.5) is 4.79 Å². The number of hydrogen-bond donors (Lipinski definition) is 2. The van der Waals surface area contributed by atoms with Crippen LogP contribution in [0, 0.1) is 11.8 Å². The third kappa shape index (κ3) is 6.30. The first-order valence-electron chi connectivity index (χ1n) is 9.17. The van der Waals surface area contributed by atoms with Gasteiger partial charge in [0.25, 0.3) is 0 Å². The minimum absolute atomic E-state index is 0.306. The van der Waals surface area contributed by atoms with E-state index < -0.39 is 5.60 Å². The molecule has 1 aliphatic carbocycles. The number of hydrogen-bond acceptors (Lipinski definition) is 4. The van der Waals surface area contributed by atoms with Crippen molar-refractivity contribution in [1.82, 2.24) is 10.6 Å². The van der Waals surface area contributed by atoms with Crippen LogP contribution < -0.4 is 10.6 Å². The highest BCUT2D eigenvalue weighted by Crippen LogP contribution is 2.26. The van der Waals surface area contributed by atoms with E-state index in [9.17, 15) is 4.79 Å². The summed E-state index contributed by atoms with van der Waals surface area (Å²) in [5, 5.41) is 6.69. The standard InChI is InChI=1S/C18H34N2O3/c1-13-14(9-10-22-13)11-19-16-8-6-5-7-15(16)12-20-17(21)23-18(2,3)4/h13-16,19H,5-12H2,1-4H3,(H,20,21). The highest BCUT2D eigenvalue weighted by atomic mass is 16.6. The van der Waals surface area contributed by atoms with E-state index in [1.54, 1.807) is 0 Å².